The second kappa shape index (κ2) is 9.36. The van der Waals surface area contributed by atoms with Crippen molar-refractivity contribution in [3.63, 3.8) is 0 Å². The number of amides is 1. The normalized spacial score (nSPS) is 18.5. The zero-order chi connectivity index (χ0) is 20.1. The second-order valence-corrected chi connectivity index (χ2v) is 7.66. The molecule has 2 aliphatic rings. The number of ether oxygens (including phenoxy) is 3. The molecule has 2 aliphatic heterocycles. The number of carbonyl (C=O) groups excluding carboxylic acids is 1. The lowest BCUT2D eigenvalue weighted by atomic mass is 10.2. The van der Waals surface area contributed by atoms with Crippen molar-refractivity contribution in [2.75, 3.05) is 50.1 Å². The van der Waals surface area contributed by atoms with Crippen molar-refractivity contribution in [3.05, 3.63) is 24.3 Å². The molecule has 1 saturated heterocycles. The van der Waals surface area contributed by atoms with Crippen LogP contribution in [-0.4, -0.2) is 72.0 Å². The van der Waals surface area contributed by atoms with E-state index in [1.807, 2.05) is 28.8 Å². The van der Waals surface area contributed by atoms with E-state index < -0.39 is 0 Å². The first kappa shape index (κ1) is 19.8. The van der Waals surface area contributed by atoms with Gasteiger partial charge in [-0.2, -0.15) is 0 Å². The molecule has 0 saturated carbocycles. The van der Waals surface area contributed by atoms with Crippen LogP contribution in [0.5, 0.6) is 11.5 Å². The fourth-order valence-corrected chi connectivity index (χ4v) is 4.06. The Bertz CT molecular complexity index is 840. The van der Waals surface area contributed by atoms with Crippen molar-refractivity contribution in [2.24, 2.45) is 0 Å². The molecule has 0 bridgehead atoms. The number of thioether (sulfide) groups is 1. The number of rotatable bonds is 7. The van der Waals surface area contributed by atoms with Gasteiger partial charge in [-0.25, -0.2) is 0 Å². The zero-order valence-corrected chi connectivity index (χ0v) is 17.2. The maximum absolute atomic E-state index is 12.3. The number of fused-ring (bicyclic) bond motifs is 1. The molecule has 1 atom stereocenters. The number of nitrogens with one attached hydrogen (secondary N) is 1. The van der Waals surface area contributed by atoms with Crippen molar-refractivity contribution >= 4 is 23.6 Å². The molecule has 1 N–H and O–H groups in total. The molecule has 29 heavy (non-hydrogen) atoms. The van der Waals surface area contributed by atoms with Gasteiger partial charge in [0.2, 0.25) is 11.9 Å². The third kappa shape index (κ3) is 4.76. The predicted octanol–water partition coefficient (Wildman–Crippen LogP) is 1.18. The van der Waals surface area contributed by atoms with Crippen LogP contribution in [-0.2, 0) is 16.1 Å². The van der Waals surface area contributed by atoms with Crippen LogP contribution in [0, 0.1) is 0 Å². The smallest absolute Gasteiger partial charge is 0.230 e. The molecule has 0 radical (unpaired) electrons. The molecule has 1 aromatic carbocycles. The molecule has 0 unspecified atom stereocenters. The van der Waals surface area contributed by atoms with E-state index in [2.05, 4.69) is 27.3 Å². The molecule has 1 fully saturated rings. The Hall–Kier alpha value is -2.46. The molecule has 3 heterocycles. The number of benzene rings is 1. The van der Waals surface area contributed by atoms with E-state index in [0.717, 1.165) is 36.5 Å². The largest absolute Gasteiger partial charge is 0.486 e. The Morgan fingerprint density at radius 2 is 2.03 bits per heavy atom. The van der Waals surface area contributed by atoms with Crippen LogP contribution in [0.3, 0.4) is 0 Å². The highest BCUT2D eigenvalue weighted by atomic mass is 32.2. The van der Waals surface area contributed by atoms with Gasteiger partial charge in [0.15, 0.2) is 16.7 Å². The highest BCUT2D eigenvalue weighted by Gasteiger charge is 2.22. The fraction of sp³-hybridized carbons (Fsp3) is 0.526. The quantitative estimate of drug-likeness (QED) is 0.669. The first-order valence-corrected chi connectivity index (χ1v) is 10.8. The average Bonchev–Trinajstić information content (AvgIpc) is 3.19. The molecule has 4 rings (SSSR count). The summed E-state index contributed by atoms with van der Waals surface area (Å²) in [5, 5.41) is 12.3. The van der Waals surface area contributed by atoms with E-state index in [9.17, 15) is 4.79 Å². The Morgan fingerprint density at radius 1 is 1.24 bits per heavy atom. The van der Waals surface area contributed by atoms with Crippen molar-refractivity contribution in [2.45, 2.75) is 24.7 Å². The minimum atomic E-state index is -0.203. The summed E-state index contributed by atoms with van der Waals surface area (Å²) < 4.78 is 19.0. The van der Waals surface area contributed by atoms with Gasteiger partial charge < -0.3 is 24.4 Å². The minimum Gasteiger partial charge on any atom is -0.486 e. The Balaban J connectivity index is 1.26. The molecular formula is C19H25N5O4S. The number of carbonyl (C=O) groups is 1. The SMILES string of the molecule is CCn1c(SCC(=O)NC[C@H]2COc3ccccc3O2)nnc1N1CCOCC1. The summed E-state index contributed by atoms with van der Waals surface area (Å²) in [6.45, 7) is 6.60. The van der Waals surface area contributed by atoms with Gasteiger partial charge in [0.1, 0.15) is 12.7 Å². The molecule has 1 amide bonds. The van der Waals surface area contributed by atoms with Crippen LogP contribution >= 0.6 is 11.8 Å². The van der Waals surface area contributed by atoms with Gasteiger partial charge in [-0.15, -0.1) is 10.2 Å². The molecule has 2 aromatic rings. The number of hydrogen-bond donors (Lipinski definition) is 1. The fourth-order valence-electron chi connectivity index (χ4n) is 3.23. The summed E-state index contributed by atoms with van der Waals surface area (Å²) in [4.78, 5) is 14.5. The zero-order valence-electron chi connectivity index (χ0n) is 16.4. The summed E-state index contributed by atoms with van der Waals surface area (Å²) in [7, 11) is 0. The minimum absolute atomic E-state index is 0.0731. The van der Waals surface area contributed by atoms with E-state index in [1.165, 1.54) is 11.8 Å². The number of morpholine rings is 1. The summed E-state index contributed by atoms with van der Waals surface area (Å²) in [6.07, 6.45) is -0.203. The van der Waals surface area contributed by atoms with Crippen molar-refractivity contribution in [1.82, 2.24) is 20.1 Å². The number of nitrogens with zero attached hydrogens (tertiary/aromatic N) is 4. The molecule has 10 heteroatoms. The lowest BCUT2D eigenvalue weighted by molar-refractivity contribution is -0.119. The average molecular weight is 420 g/mol. The van der Waals surface area contributed by atoms with Gasteiger partial charge >= 0.3 is 0 Å². The van der Waals surface area contributed by atoms with Gasteiger partial charge in [-0.1, -0.05) is 23.9 Å². The highest BCUT2D eigenvalue weighted by molar-refractivity contribution is 7.99. The molecule has 156 valence electrons. The van der Waals surface area contributed by atoms with Gasteiger partial charge in [0, 0.05) is 19.6 Å². The van der Waals surface area contributed by atoms with Crippen LogP contribution in [0.25, 0.3) is 0 Å². The van der Waals surface area contributed by atoms with E-state index >= 15 is 0 Å². The molecule has 0 spiro atoms. The second-order valence-electron chi connectivity index (χ2n) is 6.72. The first-order chi connectivity index (χ1) is 14.2. The third-order valence-electron chi connectivity index (χ3n) is 4.73. The number of para-hydroxylation sites is 2. The highest BCUT2D eigenvalue weighted by Crippen LogP contribution is 2.30. The topological polar surface area (TPSA) is 90.7 Å². The summed E-state index contributed by atoms with van der Waals surface area (Å²) in [6, 6.07) is 7.54. The third-order valence-corrected chi connectivity index (χ3v) is 5.70. The van der Waals surface area contributed by atoms with E-state index in [0.29, 0.717) is 32.1 Å². The van der Waals surface area contributed by atoms with Crippen molar-refractivity contribution < 1.29 is 19.0 Å². The van der Waals surface area contributed by atoms with Crippen LogP contribution in [0.15, 0.2) is 29.4 Å². The van der Waals surface area contributed by atoms with Gasteiger partial charge in [0.05, 0.1) is 25.5 Å². The lowest BCUT2D eigenvalue weighted by Crippen LogP contribution is -2.41. The van der Waals surface area contributed by atoms with Crippen LogP contribution in [0.2, 0.25) is 0 Å². The molecule has 9 nitrogen and oxygen atoms in total. The molecular weight excluding hydrogens is 394 g/mol. The van der Waals surface area contributed by atoms with Gasteiger partial charge in [-0.05, 0) is 19.1 Å². The molecule has 1 aromatic heterocycles. The number of hydrogen-bond acceptors (Lipinski definition) is 8. The maximum atomic E-state index is 12.3. The van der Waals surface area contributed by atoms with E-state index in [4.69, 9.17) is 14.2 Å². The van der Waals surface area contributed by atoms with Gasteiger partial charge in [-0.3, -0.25) is 9.36 Å². The first-order valence-electron chi connectivity index (χ1n) is 9.78. The Labute approximate surface area is 173 Å². The van der Waals surface area contributed by atoms with Crippen molar-refractivity contribution in [3.8, 4) is 11.5 Å². The van der Waals surface area contributed by atoms with E-state index in [-0.39, 0.29) is 17.8 Å². The standard InChI is InChI=1S/C19H25N5O4S/c1-2-24-18(23-7-9-26-10-8-23)21-22-19(24)29-13-17(25)20-11-14-12-27-15-5-3-4-6-16(15)28-14/h3-6,14H,2,7-13H2,1H3,(H,20,25)/t14-/m0/s1. The monoisotopic (exact) mass is 419 g/mol. The summed E-state index contributed by atoms with van der Waals surface area (Å²) >= 11 is 1.39. The Morgan fingerprint density at radius 3 is 2.83 bits per heavy atom. The number of aromatic nitrogens is 3. The van der Waals surface area contributed by atoms with E-state index in [1.54, 1.807) is 0 Å². The van der Waals surface area contributed by atoms with Crippen LogP contribution in [0.4, 0.5) is 5.95 Å². The Kier molecular flexibility index (Phi) is 6.40. The molecule has 0 aliphatic carbocycles. The van der Waals surface area contributed by atoms with Crippen LogP contribution < -0.4 is 19.7 Å². The van der Waals surface area contributed by atoms with Gasteiger partial charge in [0.25, 0.3) is 0 Å². The van der Waals surface area contributed by atoms with Crippen molar-refractivity contribution in [1.29, 1.82) is 0 Å². The summed E-state index contributed by atoms with van der Waals surface area (Å²) in [5.41, 5.74) is 0. The van der Waals surface area contributed by atoms with Crippen LogP contribution in [0.1, 0.15) is 6.92 Å². The predicted molar refractivity (Wildman–Crippen MR) is 109 cm³/mol. The maximum Gasteiger partial charge on any atom is 0.230 e. The lowest BCUT2D eigenvalue weighted by Gasteiger charge is -2.27. The summed E-state index contributed by atoms with van der Waals surface area (Å²) in [5.74, 6) is 2.48. The number of anilines is 1.